The quantitative estimate of drug-likeness (QED) is 0.203. The summed E-state index contributed by atoms with van der Waals surface area (Å²) < 4.78 is 15.1. The average Bonchev–Trinajstić information content (AvgIpc) is 2.63. The molecule has 0 spiro atoms. The van der Waals surface area contributed by atoms with Gasteiger partial charge in [0, 0.05) is 6.42 Å². The first kappa shape index (κ1) is 22.3. The monoisotopic (exact) mass is 400 g/mol. The standard InChI is InChI=1S/C14H24O13/c15-2-5(17)11-7(18)4(16)1-14(27-11,13(23)24)25-3-6-8(19)9(20)10(21)12(22)26-6/h4-12,15-22H,1-3H2,(H,23,24)/t4-,5-,6-,7-,8-,9+,10-,11-,12+,14-/m1/s1. The normalized spacial score (nSPS) is 46.8. The molecule has 0 radical (unpaired) electrons. The third-order valence-electron chi connectivity index (χ3n) is 4.60. The van der Waals surface area contributed by atoms with Crippen molar-refractivity contribution >= 4 is 5.97 Å². The average molecular weight is 400 g/mol. The smallest absolute Gasteiger partial charge is 0.364 e. The Morgan fingerprint density at radius 3 is 2.26 bits per heavy atom. The fourth-order valence-electron chi connectivity index (χ4n) is 2.94. The number of carbonyl (C=O) groups is 1. The van der Waals surface area contributed by atoms with Gasteiger partial charge in [-0.1, -0.05) is 0 Å². The van der Waals surface area contributed by atoms with Crippen molar-refractivity contribution in [3.05, 3.63) is 0 Å². The van der Waals surface area contributed by atoms with Crippen molar-refractivity contribution in [2.75, 3.05) is 13.2 Å². The van der Waals surface area contributed by atoms with Crippen LogP contribution in [-0.4, -0.2) is 126 Å². The molecule has 13 nitrogen and oxygen atoms in total. The minimum Gasteiger partial charge on any atom is -0.477 e. The summed E-state index contributed by atoms with van der Waals surface area (Å²) in [7, 11) is 0. The van der Waals surface area contributed by atoms with Gasteiger partial charge in [-0.05, 0) is 0 Å². The van der Waals surface area contributed by atoms with E-state index in [4.69, 9.17) is 19.3 Å². The van der Waals surface area contributed by atoms with Crippen molar-refractivity contribution in [2.45, 2.75) is 67.3 Å². The summed E-state index contributed by atoms with van der Waals surface area (Å²) in [5, 5.41) is 86.4. The van der Waals surface area contributed by atoms with Gasteiger partial charge in [0.25, 0.3) is 5.79 Å². The van der Waals surface area contributed by atoms with Crippen molar-refractivity contribution < 1.29 is 65.0 Å². The number of carboxylic acids is 1. The second-order valence-corrected chi connectivity index (χ2v) is 6.50. The third kappa shape index (κ3) is 4.38. The first-order valence-electron chi connectivity index (χ1n) is 8.12. The van der Waals surface area contributed by atoms with E-state index in [2.05, 4.69) is 0 Å². The second-order valence-electron chi connectivity index (χ2n) is 6.50. The van der Waals surface area contributed by atoms with Crippen LogP contribution < -0.4 is 0 Å². The lowest BCUT2D eigenvalue weighted by Gasteiger charge is -2.45. The van der Waals surface area contributed by atoms with Crippen LogP contribution in [0.25, 0.3) is 0 Å². The van der Waals surface area contributed by atoms with E-state index in [1.807, 2.05) is 0 Å². The number of aliphatic carboxylic acids is 1. The Labute approximate surface area is 152 Å². The number of ether oxygens (including phenoxy) is 3. The summed E-state index contributed by atoms with van der Waals surface area (Å²) in [5.74, 6) is -4.33. The molecular weight excluding hydrogens is 376 g/mol. The van der Waals surface area contributed by atoms with E-state index in [0.717, 1.165) is 0 Å². The van der Waals surface area contributed by atoms with Gasteiger partial charge in [0.05, 0.1) is 19.3 Å². The zero-order chi connectivity index (χ0) is 20.5. The maximum absolute atomic E-state index is 11.7. The molecule has 0 aromatic rings. The van der Waals surface area contributed by atoms with Crippen molar-refractivity contribution in [1.29, 1.82) is 0 Å². The summed E-state index contributed by atoms with van der Waals surface area (Å²) in [6, 6.07) is 0. The van der Waals surface area contributed by atoms with Crippen LogP contribution >= 0.6 is 0 Å². The Morgan fingerprint density at radius 2 is 1.70 bits per heavy atom. The van der Waals surface area contributed by atoms with Crippen molar-refractivity contribution in [2.24, 2.45) is 0 Å². The Balaban J connectivity index is 2.16. The number of hydrogen-bond acceptors (Lipinski definition) is 12. The zero-order valence-corrected chi connectivity index (χ0v) is 14.0. The number of rotatable bonds is 6. The summed E-state index contributed by atoms with van der Waals surface area (Å²) in [4.78, 5) is 11.7. The van der Waals surface area contributed by atoms with Gasteiger partial charge in [0.15, 0.2) is 6.29 Å². The van der Waals surface area contributed by atoms with Gasteiger partial charge in [0.2, 0.25) is 0 Å². The van der Waals surface area contributed by atoms with E-state index in [0.29, 0.717) is 0 Å². The lowest BCUT2D eigenvalue weighted by Crippen LogP contribution is -2.64. The molecule has 2 heterocycles. The molecule has 0 aliphatic carbocycles. The molecule has 2 fully saturated rings. The largest absolute Gasteiger partial charge is 0.477 e. The zero-order valence-electron chi connectivity index (χ0n) is 14.0. The van der Waals surface area contributed by atoms with Crippen molar-refractivity contribution in [1.82, 2.24) is 0 Å². The molecule has 9 N–H and O–H groups in total. The molecule has 0 aromatic heterocycles. The summed E-state index contributed by atoms with van der Waals surface area (Å²) in [6.07, 6.45) is -16.3. The molecule has 10 atom stereocenters. The van der Waals surface area contributed by atoms with Gasteiger partial charge in [-0.25, -0.2) is 4.79 Å². The molecular formula is C14H24O13. The minimum atomic E-state index is -2.59. The van der Waals surface area contributed by atoms with E-state index < -0.39 is 86.5 Å². The molecule has 0 aromatic carbocycles. The molecule has 0 saturated carbocycles. The van der Waals surface area contributed by atoms with Gasteiger partial charge < -0.3 is 60.2 Å². The third-order valence-corrected chi connectivity index (χ3v) is 4.60. The highest BCUT2D eigenvalue weighted by atomic mass is 16.7. The van der Waals surface area contributed by atoms with E-state index >= 15 is 0 Å². The van der Waals surface area contributed by atoms with Crippen LogP contribution in [0.5, 0.6) is 0 Å². The molecule has 2 aliphatic heterocycles. The fourth-order valence-corrected chi connectivity index (χ4v) is 2.94. The Morgan fingerprint density at radius 1 is 1.07 bits per heavy atom. The van der Waals surface area contributed by atoms with Crippen LogP contribution in [0, 0.1) is 0 Å². The van der Waals surface area contributed by atoms with Gasteiger partial charge >= 0.3 is 5.97 Å². The molecule has 0 unspecified atom stereocenters. The van der Waals surface area contributed by atoms with Crippen LogP contribution in [0.3, 0.4) is 0 Å². The van der Waals surface area contributed by atoms with Crippen LogP contribution in [0.4, 0.5) is 0 Å². The van der Waals surface area contributed by atoms with E-state index in [-0.39, 0.29) is 0 Å². The Kier molecular flexibility index (Phi) is 7.10. The highest BCUT2D eigenvalue weighted by Crippen LogP contribution is 2.33. The second kappa shape index (κ2) is 8.59. The molecule has 27 heavy (non-hydrogen) atoms. The van der Waals surface area contributed by atoms with Gasteiger partial charge in [-0.2, -0.15) is 0 Å². The number of carboxylic acid groups (broad SMARTS) is 1. The van der Waals surface area contributed by atoms with Gasteiger partial charge in [-0.15, -0.1) is 0 Å². The van der Waals surface area contributed by atoms with Crippen LogP contribution in [0.1, 0.15) is 6.42 Å². The fraction of sp³-hybridized carbons (Fsp3) is 0.929. The first-order valence-corrected chi connectivity index (χ1v) is 8.12. The summed E-state index contributed by atoms with van der Waals surface area (Å²) in [6.45, 7) is -1.66. The van der Waals surface area contributed by atoms with Crippen molar-refractivity contribution in [3.8, 4) is 0 Å². The molecule has 2 aliphatic rings. The maximum Gasteiger partial charge on any atom is 0.364 e. The van der Waals surface area contributed by atoms with Crippen LogP contribution in [0.15, 0.2) is 0 Å². The minimum absolute atomic E-state index is 0.765. The predicted molar refractivity (Wildman–Crippen MR) is 79.8 cm³/mol. The molecule has 0 bridgehead atoms. The molecule has 2 saturated heterocycles. The Hall–Kier alpha value is -0.970. The molecule has 158 valence electrons. The maximum atomic E-state index is 11.7. The Bertz CT molecular complexity index is 517. The van der Waals surface area contributed by atoms with Crippen LogP contribution in [0.2, 0.25) is 0 Å². The highest BCUT2D eigenvalue weighted by Gasteiger charge is 2.55. The number of aliphatic hydroxyl groups is 8. The van der Waals surface area contributed by atoms with Gasteiger partial charge in [-0.3, -0.25) is 0 Å². The van der Waals surface area contributed by atoms with Crippen molar-refractivity contribution in [3.63, 3.8) is 0 Å². The first-order chi connectivity index (χ1) is 12.5. The summed E-state index contributed by atoms with van der Waals surface area (Å²) in [5.41, 5.74) is 0. The predicted octanol–water partition coefficient (Wildman–Crippen LogP) is -5.55. The van der Waals surface area contributed by atoms with Gasteiger partial charge in [0.1, 0.15) is 42.7 Å². The lowest BCUT2D eigenvalue weighted by molar-refractivity contribution is -0.342. The number of aliphatic hydroxyl groups excluding tert-OH is 8. The van der Waals surface area contributed by atoms with E-state index in [9.17, 15) is 45.6 Å². The van der Waals surface area contributed by atoms with Crippen LogP contribution in [-0.2, 0) is 19.0 Å². The van der Waals surface area contributed by atoms with E-state index in [1.165, 1.54) is 0 Å². The molecule has 0 amide bonds. The SMILES string of the molecule is O=C(O)[C@@]1(OC[C@H]2O[C@H](O)[C@H](O)[C@@H](O)[C@@H]2O)C[C@@H](O)[C@@H](O)[C@@H]([C@H](O)CO)O1. The summed E-state index contributed by atoms with van der Waals surface area (Å²) >= 11 is 0. The van der Waals surface area contributed by atoms with E-state index in [1.54, 1.807) is 0 Å². The molecule has 2 rings (SSSR count). The highest BCUT2D eigenvalue weighted by molar-refractivity contribution is 5.76. The number of hydrogen-bond donors (Lipinski definition) is 9. The lowest BCUT2D eigenvalue weighted by atomic mass is 9.92. The topological polar surface area (TPSA) is 227 Å². The molecule has 13 heteroatoms.